The van der Waals surface area contributed by atoms with Gasteiger partial charge in [-0.2, -0.15) is 0 Å². The summed E-state index contributed by atoms with van der Waals surface area (Å²) in [5.41, 5.74) is 0. The second-order valence-electron chi connectivity index (χ2n) is 4.37. The number of hydrogen-bond donors (Lipinski definition) is 1. The van der Waals surface area contributed by atoms with Gasteiger partial charge in [0.15, 0.2) is 0 Å². The van der Waals surface area contributed by atoms with Crippen molar-refractivity contribution in [1.29, 1.82) is 0 Å². The Morgan fingerprint density at radius 2 is 2.00 bits per heavy atom. The number of carbonyl (C=O) groups is 1. The summed E-state index contributed by atoms with van der Waals surface area (Å²) in [5.74, 6) is 0.885. The minimum atomic E-state index is 0.218. The van der Waals surface area contributed by atoms with E-state index in [2.05, 4.69) is 35.1 Å². The molecule has 2 nitrogen and oxygen atoms in total. The van der Waals surface area contributed by atoms with E-state index in [1.54, 1.807) is 0 Å². The van der Waals surface area contributed by atoms with Gasteiger partial charge < -0.3 is 5.32 Å². The predicted molar refractivity (Wildman–Crippen MR) is 74.0 cm³/mol. The largest absolute Gasteiger partial charge is 0.356 e. The maximum atomic E-state index is 11.5. The van der Waals surface area contributed by atoms with Gasteiger partial charge in [-0.15, -0.1) is 0 Å². The van der Waals surface area contributed by atoms with Crippen LogP contribution in [0.25, 0.3) is 0 Å². The molecule has 0 aliphatic rings. The van der Waals surface area contributed by atoms with Gasteiger partial charge in [0.2, 0.25) is 5.91 Å². The zero-order chi connectivity index (χ0) is 12.2. The van der Waals surface area contributed by atoms with Gasteiger partial charge in [-0.1, -0.05) is 49.0 Å². The van der Waals surface area contributed by atoms with Crippen LogP contribution >= 0.6 is 15.9 Å². The highest BCUT2D eigenvalue weighted by Crippen LogP contribution is 2.11. The second kappa shape index (κ2) is 11.4. The van der Waals surface area contributed by atoms with Gasteiger partial charge in [0.05, 0.1) is 0 Å². The minimum absolute atomic E-state index is 0.218. The zero-order valence-corrected chi connectivity index (χ0v) is 12.3. The van der Waals surface area contributed by atoms with E-state index >= 15 is 0 Å². The zero-order valence-electron chi connectivity index (χ0n) is 10.7. The average molecular weight is 292 g/mol. The fourth-order valence-corrected chi connectivity index (χ4v) is 2.07. The molecular formula is C13H26BrNO. The molecular weight excluding hydrogens is 266 g/mol. The highest BCUT2D eigenvalue weighted by Gasteiger charge is 2.07. The molecule has 1 atom stereocenters. The maximum absolute atomic E-state index is 11.5. The molecule has 0 heterocycles. The van der Waals surface area contributed by atoms with Crippen LogP contribution in [0.15, 0.2) is 0 Å². The van der Waals surface area contributed by atoms with E-state index < -0.39 is 0 Å². The van der Waals surface area contributed by atoms with Crippen molar-refractivity contribution in [3.63, 3.8) is 0 Å². The summed E-state index contributed by atoms with van der Waals surface area (Å²) in [6.45, 7) is 5.28. The molecule has 0 aromatic heterocycles. The first-order valence-corrected chi connectivity index (χ1v) is 7.69. The molecule has 0 rings (SSSR count). The Kier molecular flexibility index (Phi) is 11.4. The fraction of sp³-hybridized carbons (Fsp3) is 0.923. The van der Waals surface area contributed by atoms with Crippen LogP contribution in [-0.4, -0.2) is 17.8 Å². The average Bonchev–Trinajstić information content (AvgIpc) is 2.30. The second-order valence-corrected chi connectivity index (χ2v) is 5.16. The SMILES string of the molecule is CCCCC(CC)CNC(=O)CCCCBr. The van der Waals surface area contributed by atoms with Crippen molar-refractivity contribution in [2.45, 2.75) is 58.8 Å². The molecule has 0 aliphatic heterocycles. The van der Waals surface area contributed by atoms with E-state index in [0.29, 0.717) is 12.3 Å². The summed E-state index contributed by atoms with van der Waals surface area (Å²) in [6.07, 6.45) is 7.68. The van der Waals surface area contributed by atoms with E-state index in [1.807, 2.05) is 0 Å². The highest BCUT2D eigenvalue weighted by atomic mass is 79.9. The van der Waals surface area contributed by atoms with Crippen LogP contribution in [-0.2, 0) is 4.79 Å². The van der Waals surface area contributed by atoms with Crippen LogP contribution in [0.5, 0.6) is 0 Å². The van der Waals surface area contributed by atoms with Crippen molar-refractivity contribution in [2.24, 2.45) is 5.92 Å². The molecule has 1 unspecified atom stereocenters. The smallest absolute Gasteiger partial charge is 0.220 e. The Labute approximate surface area is 109 Å². The predicted octanol–water partition coefficient (Wildman–Crippen LogP) is 3.88. The number of hydrogen-bond acceptors (Lipinski definition) is 1. The van der Waals surface area contributed by atoms with E-state index in [1.165, 1.54) is 25.7 Å². The molecule has 0 aliphatic carbocycles. The number of alkyl halides is 1. The van der Waals surface area contributed by atoms with Crippen LogP contribution < -0.4 is 5.32 Å². The number of unbranched alkanes of at least 4 members (excludes halogenated alkanes) is 2. The molecule has 1 N–H and O–H groups in total. The Morgan fingerprint density at radius 3 is 2.56 bits per heavy atom. The molecule has 0 radical (unpaired) electrons. The lowest BCUT2D eigenvalue weighted by Crippen LogP contribution is -2.28. The van der Waals surface area contributed by atoms with Gasteiger partial charge in [-0.3, -0.25) is 4.79 Å². The summed E-state index contributed by atoms with van der Waals surface area (Å²) in [7, 11) is 0. The molecule has 1 amide bonds. The number of amides is 1. The molecule has 0 aromatic carbocycles. The molecule has 0 fully saturated rings. The van der Waals surface area contributed by atoms with E-state index in [9.17, 15) is 4.79 Å². The van der Waals surface area contributed by atoms with E-state index in [4.69, 9.17) is 0 Å². The van der Waals surface area contributed by atoms with Crippen molar-refractivity contribution >= 4 is 21.8 Å². The van der Waals surface area contributed by atoms with Crippen LogP contribution in [0.2, 0.25) is 0 Å². The topological polar surface area (TPSA) is 29.1 Å². The van der Waals surface area contributed by atoms with Gasteiger partial charge in [-0.05, 0) is 25.2 Å². The number of carbonyl (C=O) groups excluding carboxylic acids is 1. The monoisotopic (exact) mass is 291 g/mol. The molecule has 0 aromatic rings. The third-order valence-electron chi connectivity index (χ3n) is 2.92. The van der Waals surface area contributed by atoms with Crippen molar-refractivity contribution in [3.8, 4) is 0 Å². The van der Waals surface area contributed by atoms with Gasteiger partial charge in [0, 0.05) is 18.3 Å². The quantitative estimate of drug-likeness (QED) is 0.480. The summed E-state index contributed by atoms with van der Waals surface area (Å²) in [4.78, 5) is 11.5. The van der Waals surface area contributed by atoms with Crippen LogP contribution in [0.4, 0.5) is 0 Å². The van der Waals surface area contributed by atoms with Gasteiger partial charge in [0.25, 0.3) is 0 Å². The number of halogens is 1. The summed E-state index contributed by atoms with van der Waals surface area (Å²) in [5, 5.41) is 4.04. The Bertz CT molecular complexity index is 173. The highest BCUT2D eigenvalue weighted by molar-refractivity contribution is 9.09. The molecule has 0 saturated carbocycles. The molecule has 0 saturated heterocycles. The van der Waals surface area contributed by atoms with Gasteiger partial charge in [0.1, 0.15) is 0 Å². The van der Waals surface area contributed by atoms with E-state index in [-0.39, 0.29) is 5.91 Å². The fourth-order valence-electron chi connectivity index (χ4n) is 1.67. The first kappa shape index (κ1) is 16.0. The van der Waals surface area contributed by atoms with Gasteiger partial charge >= 0.3 is 0 Å². The molecule has 0 spiro atoms. The van der Waals surface area contributed by atoms with Crippen LogP contribution in [0, 0.1) is 5.92 Å². The van der Waals surface area contributed by atoms with Crippen molar-refractivity contribution < 1.29 is 4.79 Å². The first-order valence-electron chi connectivity index (χ1n) is 6.57. The lowest BCUT2D eigenvalue weighted by atomic mass is 9.99. The Balaban J connectivity index is 3.54. The molecule has 96 valence electrons. The van der Waals surface area contributed by atoms with Gasteiger partial charge in [-0.25, -0.2) is 0 Å². The lowest BCUT2D eigenvalue weighted by molar-refractivity contribution is -0.121. The Morgan fingerprint density at radius 1 is 1.25 bits per heavy atom. The standard InChI is InChI=1S/C13H26BrNO/c1-3-5-8-12(4-2)11-15-13(16)9-6-7-10-14/h12H,3-11H2,1-2H3,(H,15,16). The Hall–Kier alpha value is -0.0500. The molecule has 16 heavy (non-hydrogen) atoms. The van der Waals surface area contributed by atoms with Crippen molar-refractivity contribution in [1.82, 2.24) is 5.32 Å². The lowest BCUT2D eigenvalue weighted by Gasteiger charge is -2.15. The third-order valence-corrected chi connectivity index (χ3v) is 3.48. The van der Waals surface area contributed by atoms with Crippen LogP contribution in [0.1, 0.15) is 58.8 Å². The normalized spacial score (nSPS) is 12.4. The molecule has 0 bridgehead atoms. The van der Waals surface area contributed by atoms with Crippen molar-refractivity contribution in [3.05, 3.63) is 0 Å². The summed E-state index contributed by atoms with van der Waals surface area (Å²) < 4.78 is 0. The van der Waals surface area contributed by atoms with Crippen LogP contribution in [0.3, 0.4) is 0 Å². The first-order chi connectivity index (χ1) is 7.74. The molecule has 3 heteroatoms. The minimum Gasteiger partial charge on any atom is -0.356 e. The van der Waals surface area contributed by atoms with Crippen molar-refractivity contribution in [2.75, 3.05) is 11.9 Å². The third kappa shape index (κ3) is 9.20. The number of rotatable bonds is 10. The summed E-state index contributed by atoms with van der Waals surface area (Å²) in [6, 6.07) is 0. The summed E-state index contributed by atoms with van der Waals surface area (Å²) >= 11 is 3.37. The maximum Gasteiger partial charge on any atom is 0.220 e. The number of nitrogens with one attached hydrogen (secondary N) is 1. The van der Waals surface area contributed by atoms with E-state index in [0.717, 1.165) is 24.7 Å².